The second kappa shape index (κ2) is 4.70. The number of fused-ring (bicyclic) bond motifs is 3. The predicted octanol–water partition coefficient (Wildman–Crippen LogP) is 4.90. The van der Waals surface area contributed by atoms with E-state index in [1.165, 1.54) is 6.07 Å². The van der Waals surface area contributed by atoms with Gasteiger partial charge in [0.15, 0.2) is 0 Å². The zero-order valence-corrected chi connectivity index (χ0v) is 11.6. The highest BCUT2D eigenvalue weighted by Crippen LogP contribution is 2.36. The van der Waals surface area contributed by atoms with Crippen LogP contribution in [0.25, 0.3) is 32.9 Å². The first kappa shape index (κ1) is 12.6. The number of rotatable bonds is 2. The van der Waals surface area contributed by atoms with Crippen molar-refractivity contribution in [1.29, 1.82) is 0 Å². The molecule has 4 rings (SSSR count). The summed E-state index contributed by atoms with van der Waals surface area (Å²) in [5.74, 6) is 0. The number of benzene rings is 3. The summed E-state index contributed by atoms with van der Waals surface area (Å²) in [5, 5.41) is 13.5. The molecular formula is C18H12N2O2. The van der Waals surface area contributed by atoms with E-state index >= 15 is 0 Å². The normalized spacial score (nSPS) is 11.1. The first-order valence-corrected chi connectivity index (χ1v) is 6.99. The van der Waals surface area contributed by atoms with Crippen molar-refractivity contribution >= 4 is 27.5 Å². The van der Waals surface area contributed by atoms with E-state index in [2.05, 4.69) is 11.1 Å². The first-order chi connectivity index (χ1) is 10.8. The molecule has 0 aliphatic carbocycles. The van der Waals surface area contributed by atoms with E-state index in [1.54, 1.807) is 12.1 Å². The highest BCUT2D eigenvalue weighted by Gasteiger charge is 2.17. The van der Waals surface area contributed by atoms with Crippen LogP contribution < -0.4 is 0 Å². The van der Waals surface area contributed by atoms with Crippen molar-refractivity contribution in [3.8, 4) is 11.1 Å². The lowest BCUT2D eigenvalue weighted by molar-refractivity contribution is -0.384. The molecule has 1 N–H and O–H groups in total. The average molecular weight is 288 g/mol. The van der Waals surface area contributed by atoms with Crippen molar-refractivity contribution in [3.63, 3.8) is 0 Å². The quantitative estimate of drug-likeness (QED) is 0.421. The molecule has 1 heterocycles. The summed E-state index contributed by atoms with van der Waals surface area (Å²) in [6.07, 6.45) is 0. The number of nitro benzene ring substituents is 1. The molecule has 0 radical (unpaired) electrons. The molecule has 0 aliphatic rings. The zero-order valence-electron chi connectivity index (χ0n) is 11.6. The van der Waals surface area contributed by atoms with Crippen molar-refractivity contribution in [2.45, 2.75) is 0 Å². The maximum Gasteiger partial charge on any atom is 0.277 e. The second-order valence-corrected chi connectivity index (χ2v) is 5.17. The van der Waals surface area contributed by atoms with E-state index in [0.29, 0.717) is 5.56 Å². The minimum atomic E-state index is -0.336. The number of nitro groups is 1. The lowest BCUT2D eigenvalue weighted by Gasteiger charge is -2.04. The molecule has 4 nitrogen and oxygen atoms in total. The Kier molecular flexibility index (Phi) is 2.69. The number of H-pyrrole nitrogens is 1. The van der Waals surface area contributed by atoms with Gasteiger partial charge in [0, 0.05) is 27.9 Å². The van der Waals surface area contributed by atoms with E-state index in [4.69, 9.17) is 0 Å². The minimum Gasteiger partial charge on any atom is -0.354 e. The smallest absolute Gasteiger partial charge is 0.277 e. The van der Waals surface area contributed by atoms with Crippen LogP contribution in [0.5, 0.6) is 0 Å². The van der Waals surface area contributed by atoms with Crippen molar-refractivity contribution < 1.29 is 4.92 Å². The first-order valence-electron chi connectivity index (χ1n) is 6.99. The van der Waals surface area contributed by atoms with Gasteiger partial charge in [-0.25, -0.2) is 0 Å². The fraction of sp³-hybridized carbons (Fsp3) is 0. The standard InChI is InChI=1S/C18H12N2O2/c21-20(22)17-11-4-2-7-13(17)15-9-5-8-14-12-6-1-3-10-16(12)19-18(14)15/h1-11,19H. The minimum absolute atomic E-state index is 0.119. The summed E-state index contributed by atoms with van der Waals surface area (Å²) in [6.45, 7) is 0. The largest absolute Gasteiger partial charge is 0.354 e. The lowest BCUT2D eigenvalue weighted by atomic mass is 10.0. The van der Waals surface area contributed by atoms with Crippen LogP contribution in [0.15, 0.2) is 66.7 Å². The summed E-state index contributed by atoms with van der Waals surface area (Å²) in [6, 6.07) is 20.8. The van der Waals surface area contributed by atoms with E-state index in [9.17, 15) is 10.1 Å². The fourth-order valence-corrected chi connectivity index (χ4v) is 2.96. The maximum absolute atomic E-state index is 11.3. The van der Waals surface area contributed by atoms with Gasteiger partial charge in [0.05, 0.1) is 16.0 Å². The second-order valence-electron chi connectivity index (χ2n) is 5.17. The molecule has 0 unspecified atom stereocenters. The van der Waals surface area contributed by atoms with Crippen molar-refractivity contribution in [1.82, 2.24) is 4.98 Å². The molecule has 0 aliphatic heterocycles. The van der Waals surface area contributed by atoms with Gasteiger partial charge in [-0.05, 0) is 12.1 Å². The van der Waals surface area contributed by atoms with Crippen LogP contribution in [0.3, 0.4) is 0 Å². The number of hydrogen-bond donors (Lipinski definition) is 1. The summed E-state index contributed by atoms with van der Waals surface area (Å²) in [7, 11) is 0. The molecule has 4 aromatic rings. The molecule has 0 spiro atoms. The van der Waals surface area contributed by atoms with Gasteiger partial charge in [-0.2, -0.15) is 0 Å². The average Bonchev–Trinajstić information content (AvgIpc) is 2.93. The monoisotopic (exact) mass is 288 g/mol. The molecule has 1 aromatic heterocycles. The van der Waals surface area contributed by atoms with Crippen LogP contribution in [0.1, 0.15) is 0 Å². The number of nitrogens with one attached hydrogen (secondary N) is 1. The molecule has 22 heavy (non-hydrogen) atoms. The number of hydrogen-bond acceptors (Lipinski definition) is 2. The van der Waals surface area contributed by atoms with Crippen LogP contribution in [-0.2, 0) is 0 Å². The van der Waals surface area contributed by atoms with Crippen molar-refractivity contribution in [3.05, 3.63) is 76.8 Å². The van der Waals surface area contributed by atoms with Crippen LogP contribution >= 0.6 is 0 Å². The number of para-hydroxylation sites is 3. The predicted molar refractivity (Wildman–Crippen MR) is 87.9 cm³/mol. The van der Waals surface area contributed by atoms with Crippen LogP contribution in [-0.4, -0.2) is 9.91 Å². The van der Waals surface area contributed by atoms with E-state index < -0.39 is 0 Å². The molecule has 3 aromatic carbocycles. The summed E-state index contributed by atoms with van der Waals surface area (Å²) < 4.78 is 0. The van der Waals surface area contributed by atoms with Gasteiger partial charge in [0.1, 0.15) is 0 Å². The van der Waals surface area contributed by atoms with Gasteiger partial charge >= 0.3 is 0 Å². The molecule has 0 bridgehead atoms. The van der Waals surface area contributed by atoms with Gasteiger partial charge in [-0.3, -0.25) is 10.1 Å². The van der Waals surface area contributed by atoms with Crippen molar-refractivity contribution in [2.75, 3.05) is 0 Å². The Hall–Kier alpha value is -3.14. The van der Waals surface area contributed by atoms with E-state index in [0.717, 1.165) is 27.4 Å². The Balaban J connectivity index is 2.10. The van der Waals surface area contributed by atoms with Gasteiger partial charge in [0.25, 0.3) is 5.69 Å². The summed E-state index contributed by atoms with van der Waals surface area (Å²) >= 11 is 0. The molecule has 106 valence electrons. The Morgan fingerprint density at radius 1 is 0.773 bits per heavy atom. The Bertz CT molecular complexity index is 1020. The molecule has 0 amide bonds. The third-order valence-corrected chi connectivity index (χ3v) is 3.93. The van der Waals surface area contributed by atoms with E-state index in [-0.39, 0.29) is 10.6 Å². The Morgan fingerprint density at radius 3 is 2.32 bits per heavy atom. The Morgan fingerprint density at radius 2 is 1.45 bits per heavy atom. The van der Waals surface area contributed by atoms with Gasteiger partial charge in [0.2, 0.25) is 0 Å². The SMILES string of the molecule is O=[N+]([O-])c1ccccc1-c1cccc2c1[nH]c1ccccc12. The van der Waals surface area contributed by atoms with Crippen LogP contribution in [0, 0.1) is 10.1 Å². The fourth-order valence-electron chi connectivity index (χ4n) is 2.96. The lowest BCUT2D eigenvalue weighted by Crippen LogP contribution is -1.92. The summed E-state index contributed by atoms with van der Waals surface area (Å²) in [4.78, 5) is 14.4. The number of nitrogens with zero attached hydrogens (tertiary/aromatic N) is 1. The zero-order chi connectivity index (χ0) is 15.1. The van der Waals surface area contributed by atoms with Crippen molar-refractivity contribution in [2.24, 2.45) is 0 Å². The molecule has 0 atom stereocenters. The van der Waals surface area contributed by atoms with Gasteiger partial charge < -0.3 is 4.98 Å². The van der Waals surface area contributed by atoms with Crippen LogP contribution in [0.4, 0.5) is 5.69 Å². The number of aromatic nitrogens is 1. The Labute approximate surface area is 126 Å². The topological polar surface area (TPSA) is 58.9 Å². The molecule has 4 heteroatoms. The molecular weight excluding hydrogens is 276 g/mol. The highest BCUT2D eigenvalue weighted by atomic mass is 16.6. The third kappa shape index (κ3) is 1.78. The van der Waals surface area contributed by atoms with Gasteiger partial charge in [-0.15, -0.1) is 0 Å². The maximum atomic E-state index is 11.3. The molecule has 0 saturated heterocycles. The third-order valence-electron chi connectivity index (χ3n) is 3.93. The number of aromatic amines is 1. The highest BCUT2D eigenvalue weighted by molar-refractivity contribution is 6.12. The van der Waals surface area contributed by atoms with Gasteiger partial charge in [-0.1, -0.05) is 48.5 Å². The molecule has 0 saturated carbocycles. The van der Waals surface area contributed by atoms with Crippen LogP contribution in [0.2, 0.25) is 0 Å². The van der Waals surface area contributed by atoms with E-state index in [1.807, 2.05) is 42.5 Å². The molecule has 0 fully saturated rings. The summed E-state index contributed by atoms with van der Waals surface area (Å²) in [5.41, 5.74) is 3.56.